The summed E-state index contributed by atoms with van der Waals surface area (Å²) in [6.07, 6.45) is 2.76. The third-order valence-electron chi connectivity index (χ3n) is 5.23. The van der Waals surface area contributed by atoms with E-state index in [0.717, 1.165) is 0 Å². The van der Waals surface area contributed by atoms with E-state index in [0.29, 0.717) is 46.7 Å². The molecule has 1 saturated heterocycles. The van der Waals surface area contributed by atoms with Crippen LogP contribution < -0.4 is 15.1 Å². The maximum atomic E-state index is 12.7. The normalized spacial score (nSPS) is 13.3. The molecule has 1 fully saturated rings. The summed E-state index contributed by atoms with van der Waals surface area (Å²) in [5, 5.41) is 9.46. The summed E-state index contributed by atoms with van der Waals surface area (Å²) in [6, 6.07) is 15.6. The minimum atomic E-state index is -0.400. The van der Waals surface area contributed by atoms with Crippen LogP contribution in [0.1, 0.15) is 0 Å². The molecule has 3 heterocycles. The number of cyclic esters (lactones) is 1. The second kappa shape index (κ2) is 8.44. The van der Waals surface area contributed by atoms with Crippen LogP contribution in [0.4, 0.5) is 10.5 Å². The van der Waals surface area contributed by atoms with Crippen molar-refractivity contribution < 1.29 is 14.3 Å². The van der Waals surface area contributed by atoms with Crippen molar-refractivity contribution in [3.63, 3.8) is 0 Å². The van der Waals surface area contributed by atoms with E-state index in [-0.39, 0.29) is 11.1 Å². The van der Waals surface area contributed by atoms with E-state index < -0.39 is 6.09 Å². The van der Waals surface area contributed by atoms with Crippen molar-refractivity contribution in [1.82, 2.24) is 19.6 Å². The van der Waals surface area contributed by atoms with Gasteiger partial charge >= 0.3 is 6.09 Å². The van der Waals surface area contributed by atoms with E-state index in [1.807, 2.05) is 12.1 Å². The molecule has 0 saturated carbocycles. The summed E-state index contributed by atoms with van der Waals surface area (Å²) in [6.45, 7) is 0.809. The summed E-state index contributed by atoms with van der Waals surface area (Å²) in [5.41, 5.74) is 2.43. The van der Waals surface area contributed by atoms with Gasteiger partial charge in [0.1, 0.15) is 18.0 Å². The number of anilines is 1. The smallest absolute Gasteiger partial charge is 0.414 e. The average molecular weight is 464 g/mol. The van der Waals surface area contributed by atoms with Gasteiger partial charge in [0.15, 0.2) is 5.69 Å². The highest BCUT2D eigenvalue weighted by Crippen LogP contribution is 2.30. The number of carbonyl (C=O) groups is 1. The first-order chi connectivity index (χ1) is 16.0. The SMILES string of the molecule is COc1cc(N2CCOC2=O)ccc1-n1ccc(=O)c(-c2ccnn2-c2cccc(Cl)c2)n1. The van der Waals surface area contributed by atoms with Crippen LogP contribution in [0.2, 0.25) is 5.02 Å². The van der Waals surface area contributed by atoms with Gasteiger partial charge in [0, 0.05) is 23.4 Å². The highest BCUT2D eigenvalue weighted by molar-refractivity contribution is 6.30. The van der Waals surface area contributed by atoms with Crippen molar-refractivity contribution in [2.24, 2.45) is 0 Å². The Hall–Kier alpha value is -4.11. The van der Waals surface area contributed by atoms with E-state index in [4.69, 9.17) is 21.1 Å². The summed E-state index contributed by atoms with van der Waals surface area (Å²) in [5.74, 6) is 0.484. The zero-order valence-corrected chi connectivity index (χ0v) is 18.3. The quantitative estimate of drug-likeness (QED) is 0.448. The van der Waals surface area contributed by atoms with Crippen molar-refractivity contribution in [3.05, 3.63) is 82.2 Å². The first kappa shape index (κ1) is 20.8. The molecule has 1 aliphatic rings. The fraction of sp³-hybridized carbons (Fsp3) is 0.130. The molecule has 9 nitrogen and oxygen atoms in total. The minimum absolute atomic E-state index is 0.212. The third-order valence-corrected chi connectivity index (χ3v) is 5.46. The van der Waals surface area contributed by atoms with Gasteiger partial charge in [-0.25, -0.2) is 14.2 Å². The first-order valence-corrected chi connectivity index (χ1v) is 10.5. The van der Waals surface area contributed by atoms with Crippen LogP contribution in [0.25, 0.3) is 22.8 Å². The number of rotatable bonds is 5. The van der Waals surface area contributed by atoms with Crippen LogP contribution >= 0.6 is 11.6 Å². The van der Waals surface area contributed by atoms with Crippen molar-refractivity contribution in [2.75, 3.05) is 25.2 Å². The van der Waals surface area contributed by atoms with Gasteiger partial charge in [-0.3, -0.25) is 9.69 Å². The van der Waals surface area contributed by atoms with E-state index in [2.05, 4.69) is 10.2 Å². The number of nitrogens with zero attached hydrogens (tertiary/aromatic N) is 5. The van der Waals surface area contributed by atoms with E-state index in [9.17, 15) is 9.59 Å². The van der Waals surface area contributed by atoms with Crippen LogP contribution in [-0.2, 0) is 4.74 Å². The summed E-state index contributed by atoms with van der Waals surface area (Å²) < 4.78 is 13.7. The van der Waals surface area contributed by atoms with E-state index in [1.165, 1.54) is 18.1 Å². The number of carbonyl (C=O) groups excluding carboxylic acids is 1. The Bertz CT molecular complexity index is 1410. The molecular weight excluding hydrogens is 446 g/mol. The van der Waals surface area contributed by atoms with Crippen LogP contribution in [-0.4, -0.2) is 45.9 Å². The molecule has 0 N–H and O–H groups in total. The van der Waals surface area contributed by atoms with Crippen LogP contribution in [0.15, 0.2) is 71.8 Å². The number of aromatic nitrogens is 4. The molecule has 0 radical (unpaired) electrons. The predicted octanol–water partition coefficient (Wildman–Crippen LogP) is 3.70. The van der Waals surface area contributed by atoms with Gasteiger partial charge in [0.25, 0.3) is 0 Å². The molecule has 0 atom stereocenters. The Labute approximate surface area is 193 Å². The molecule has 1 aliphatic heterocycles. The Morgan fingerprint density at radius 3 is 2.70 bits per heavy atom. The van der Waals surface area contributed by atoms with E-state index in [1.54, 1.807) is 58.2 Å². The van der Waals surface area contributed by atoms with Crippen LogP contribution in [0.5, 0.6) is 5.75 Å². The number of hydrogen-bond acceptors (Lipinski definition) is 6. The van der Waals surface area contributed by atoms with Gasteiger partial charge in [-0.15, -0.1) is 0 Å². The summed E-state index contributed by atoms with van der Waals surface area (Å²) in [7, 11) is 1.53. The summed E-state index contributed by atoms with van der Waals surface area (Å²) in [4.78, 5) is 26.2. The Kier molecular flexibility index (Phi) is 5.31. The number of ether oxygens (including phenoxy) is 2. The molecule has 10 heteroatoms. The van der Waals surface area contributed by atoms with Crippen LogP contribution in [0.3, 0.4) is 0 Å². The maximum Gasteiger partial charge on any atom is 0.414 e. The standard InChI is InChI=1S/C23H18ClN5O4/c1-32-21-14-16(27-11-12-33-23(27)31)5-6-18(21)28-10-8-20(30)22(26-28)19-7-9-25-29(19)17-4-2-3-15(24)13-17/h2-10,13-14H,11-12H2,1H3. The monoisotopic (exact) mass is 463 g/mol. The Balaban J connectivity index is 1.58. The summed E-state index contributed by atoms with van der Waals surface area (Å²) >= 11 is 6.13. The fourth-order valence-corrected chi connectivity index (χ4v) is 3.85. The Morgan fingerprint density at radius 2 is 1.94 bits per heavy atom. The van der Waals surface area contributed by atoms with Crippen molar-refractivity contribution in [1.29, 1.82) is 0 Å². The lowest BCUT2D eigenvalue weighted by Gasteiger charge is -2.17. The molecule has 0 bridgehead atoms. The minimum Gasteiger partial charge on any atom is -0.494 e. The number of hydrogen-bond donors (Lipinski definition) is 0. The Morgan fingerprint density at radius 1 is 1.06 bits per heavy atom. The lowest BCUT2D eigenvalue weighted by Crippen LogP contribution is -2.23. The molecule has 1 amide bonds. The topological polar surface area (TPSA) is 91.5 Å². The van der Waals surface area contributed by atoms with Crippen molar-refractivity contribution >= 4 is 23.4 Å². The van der Waals surface area contributed by atoms with Gasteiger partial charge in [-0.05, 0) is 36.4 Å². The van der Waals surface area contributed by atoms with Gasteiger partial charge in [0.2, 0.25) is 5.43 Å². The third kappa shape index (κ3) is 3.83. The van der Waals surface area contributed by atoms with Gasteiger partial charge < -0.3 is 9.47 Å². The maximum absolute atomic E-state index is 12.7. The number of amides is 1. The molecule has 33 heavy (non-hydrogen) atoms. The molecule has 0 spiro atoms. The fourth-order valence-electron chi connectivity index (χ4n) is 3.67. The molecular formula is C23H18ClN5O4. The van der Waals surface area contributed by atoms with Crippen molar-refractivity contribution in [2.45, 2.75) is 0 Å². The molecule has 0 unspecified atom stereocenters. The second-order valence-corrected chi connectivity index (χ2v) is 7.64. The molecule has 166 valence electrons. The highest BCUT2D eigenvalue weighted by atomic mass is 35.5. The molecule has 4 aromatic rings. The average Bonchev–Trinajstić information content (AvgIpc) is 3.48. The molecule has 2 aromatic heterocycles. The lowest BCUT2D eigenvalue weighted by molar-refractivity contribution is 0.181. The zero-order chi connectivity index (χ0) is 22.9. The van der Waals surface area contributed by atoms with Gasteiger partial charge in [-0.1, -0.05) is 17.7 Å². The first-order valence-electron chi connectivity index (χ1n) is 10.1. The number of halogens is 1. The molecule has 0 aliphatic carbocycles. The second-order valence-electron chi connectivity index (χ2n) is 7.20. The van der Waals surface area contributed by atoms with Crippen molar-refractivity contribution in [3.8, 4) is 28.5 Å². The predicted molar refractivity (Wildman–Crippen MR) is 123 cm³/mol. The molecule has 2 aromatic carbocycles. The van der Waals surface area contributed by atoms with E-state index >= 15 is 0 Å². The highest BCUT2D eigenvalue weighted by Gasteiger charge is 2.24. The number of benzene rings is 2. The number of methoxy groups -OCH3 is 1. The zero-order valence-electron chi connectivity index (χ0n) is 17.5. The molecule has 5 rings (SSSR count). The lowest BCUT2D eigenvalue weighted by atomic mass is 10.2. The van der Waals surface area contributed by atoms with Gasteiger partial charge in [0.05, 0.1) is 36.9 Å². The van der Waals surface area contributed by atoms with Crippen LogP contribution in [0, 0.1) is 0 Å². The van der Waals surface area contributed by atoms with Gasteiger partial charge in [-0.2, -0.15) is 10.2 Å². The largest absolute Gasteiger partial charge is 0.494 e.